The van der Waals surface area contributed by atoms with Crippen LogP contribution in [0.3, 0.4) is 0 Å². The van der Waals surface area contributed by atoms with Crippen molar-refractivity contribution in [2.75, 3.05) is 19.6 Å². The van der Waals surface area contributed by atoms with Gasteiger partial charge in [0.2, 0.25) is 0 Å². The Hall–Kier alpha value is -0.380. The topological polar surface area (TPSA) is 23.5 Å². The Labute approximate surface area is 101 Å². The molecule has 2 bridgehead atoms. The molecule has 0 aliphatic carbocycles. The third-order valence-corrected chi connectivity index (χ3v) is 5.05. The molecule has 88 valence electrons. The first-order valence-corrected chi connectivity index (χ1v) is 7.16. The minimum atomic E-state index is -0.380. The summed E-state index contributed by atoms with van der Waals surface area (Å²) >= 11 is 1.75. The molecule has 0 spiro atoms. The largest absolute Gasteiger partial charge is 0.389 e. The SMILES string of the molecule is OC1(CCc2ccsc2)CCN2CCC1C2. The van der Waals surface area contributed by atoms with Crippen molar-refractivity contribution < 1.29 is 5.11 Å². The highest BCUT2D eigenvalue weighted by Gasteiger charge is 2.44. The van der Waals surface area contributed by atoms with Crippen LogP contribution in [0.25, 0.3) is 0 Å². The van der Waals surface area contributed by atoms with Gasteiger partial charge in [0.25, 0.3) is 0 Å². The monoisotopic (exact) mass is 237 g/mol. The number of thiophene rings is 1. The maximum atomic E-state index is 10.7. The van der Waals surface area contributed by atoms with Gasteiger partial charge in [-0.2, -0.15) is 11.3 Å². The minimum Gasteiger partial charge on any atom is -0.389 e. The Kier molecular flexibility index (Phi) is 2.78. The van der Waals surface area contributed by atoms with Crippen LogP contribution in [0.1, 0.15) is 24.8 Å². The average molecular weight is 237 g/mol. The summed E-state index contributed by atoms with van der Waals surface area (Å²) < 4.78 is 0. The van der Waals surface area contributed by atoms with E-state index in [1.807, 2.05) is 0 Å². The quantitative estimate of drug-likeness (QED) is 0.870. The molecule has 1 N–H and O–H groups in total. The summed E-state index contributed by atoms with van der Waals surface area (Å²) in [5.41, 5.74) is 1.01. The predicted molar refractivity (Wildman–Crippen MR) is 66.8 cm³/mol. The zero-order valence-corrected chi connectivity index (χ0v) is 10.4. The lowest BCUT2D eigenvalue weighted by atomic mass is 9.78. The summed E-state index contributed by atoms with van der Waals surface area (Å²) in [5, 5.41) is 15.1. The molecule has 16 heavy (non-hydrogen) atoms. The lowest BCUT2D eigenvalue weighted by molar-refractivity contribution is -0.0506. The van der Waals surface area contributed by atoms with E-state index in [4.69, 9.17) is 0 Å². The molecule has 0 amide bonds. The van der Waals surface area contributed by atoms with E-state index in [0.717, 1.165) is 32.4 Å². The lowest BCUT2D eigenvalue weighted by Crippen LogP contribution is -2.46. The van der Waals surface area contributed by atoms with Crippen LogP contribution in [-0.4, -0.2) is 35.2 Å². The van der Waals surface area contributed by atoms with Crippen LogP contribution in [0.15, 0.2) is 16.8 Å². The molecule has 2 aliphatic rings. The van der Waals surface area contributed by atoms with Gasteiger partial charge >= 0.3 is 0 Å². The molecule has 2 saturated heterocycles. The smallest absolute Gasteiger partial charge is 0.0703 e. The number of hydrogen-bond donors (Lipinski definition) is 1. The lowest BCUT2D eigenvalue weighted by Gasteiger charge is -2.38. The second kappa shape index (κ2) is 4.13. The summed E-state index contributed by atoms with van der Waals surface area (Å²) in [4.78, 5) is 2.49. The fourth-order valence-electron chi connectivity index (χ4n) is 3.16. The van der Waals surface area contributed by atoms with E-state index in [9.17, 15) is 5.11 Å². The maximum Gasteiger partial charge on any atom is 0.0703 e. The highest BCUT2D eigenvalue weighted by molar-refractivity contribution is 7.07. The summed E-state index contributed by atoms with van der Waals surface area (Å²) in [5.74, 6) is 0.528. The molecule has 0 saturated carbocycles. The van der Waals surface area contributed by atoms with Crippen LogP contribution < -0.4 is 0 Å². The molecule has 1 aromatic heterocycles. The molecule has 3 heterocycles. The van der Waals surface area contributed by atoms with Gasteiger partial charge in [-0.1, -0.05) is 0 Å². The minimum absolute atomic E-state index is 0.380. The van der Waals surface area contributed by atoms with Gasteiger partial charge in [-0.15, -0.1) is 0 Å². The van der Waals surface area contributed by atoms with Gasteiger partial charge in [-0.25, -0.2) is 0 Å². The molecular formula is C13H19NOS. The molecule has 1 aromatic rings. The van der Waals surface area contributed by atoms with Crippen LogP contribution in [-0.2, 0) is 6.42 Å². The number of piperidine rings is 1. The van der Waals surface area contributed by atoms with Crippen LogP contribution in [0.5, 0.6) is 0 Å². The summed E-state index contributed by atoms with van der Waals surface area (Å²) in [6.45, 7) is 3.42. The second-order valence-corrected chi connectivity index (χ2v) is 6.05. The molecule has 3 heteroatoms. The van der Waals surface area contributed by atoms with Crippen molar-refractivity contribution in [3.8, 4) is 0 Å². The predicted octanol–water partition coefficient (Wildman–Crippen LogP) is 2.14. The van der Waals surface area contributed by atoms with Crippen LogP contribution in [0.4, 0.5) is 0 Å². The van der Waals surface area contributed by atoms with Crippen molar-refractivity contribution in [3.63, 3.8) is 0 Å². The van der Waals surface area contributed by atoms with Crippen molar-refractivity contribution in [1.29, 1.82) is 0 Å². The van der Waals surface area contributed by atoms with E-state index in [0.29, 0.717) is 5.92 Å². The van der Waals surface area contributed by atoms with E-state index in [2.05, 4.69) is 21.7 Å². The standard InChI is InChI=1S/C13H19NOS/c15-13(4-1-11-3-8-16-10-11)5-7-14-6-2-12(13)9-14/h3,8,10,12,15H,1-2,4-7,9H2. The molecule has 2 fully saturated rings. The van der Waals surface area contributed by atoms with Gasteiger partial charge in [0.15, 0.2) is 0 Å². The van der Waals surface area contributed by atoms with Crippen molar-refractivity contribution in [2.45, 2.75) is 31.3 Å². The fraction of sp³-hybridized carbons (Fsp3) is 0.692. The third kappa shape index (κ3) is 1.92. The number of fused-ring (bicyclic) bond motifs is 2. The Balaban J connectivity index is 1.64. The number of hydrogen-bond acceptors (Lipinski definition) is 3. The van der Waals surface area contributed by atoms with Crippen LogP contribution in [0, 0.1) is 5.92 Å². The van der Waals surface area contributed by atoms with Crippen molar-refractivity contribution in [3.05, 3.63) is 22.4 Å². The Bertz CT molecular complexity index is 351. The van der Waals surface area contributed by atoms with Crippen LogP contribution in [0.2, 0.25) is 0 Å². The Morgan fingerprint density at radius 2 is 2.44 bits per heavy atom. The van der Waals surface area contributed by atoms with E-state index in [-0.39, 0.29) is 5.60 Å². The molecule has 0 radical (unpaired) electrons. The average Bonchev–Trinajstić information content (AvgIpc) is 2.93. The van der Waals surface area contributed by atoms with Crippen molar-refractivity contribution in [2.24, 2.45) is 5.92 Å². The highest BCUT2D eigenvalue weighted by Crippen LogP contribution is 2.38. The number of aliphatic hydroxyl groups is 1. The highest BCUT2D eigenvalue weighted by atomic mass is 32.1. The molecule has 3 atom stereocenters. The zero-order chi connectivity index (χ0) is 11.0. The first-order chi connectivity index (χ1) is 7.76. The van der Waals surface area contributed by atoms with Crippen molar-refractivity contribution >= 4 is 11.3 Å². The van der Waals surface area contributed by atoms with Gasteiger partial charge in [0, 0.05) is 19.0 Å². The number of rotatable bonds is 3. The normalized spacial score (nSPS) is 37.8. The molecule has 2 nitrogen and oxygen atoms in total. The summed E-state index contributed by atoms with van der Waals surface area (Å²) in [7, 11) is 0. The van der Waals surface area contributed by atoms with Gasteiger partial charge in [0.1, 0.15) is 0 Å². The summed E-state index contributed by atoms with van der Waals surface area (Å²) in [6.07, 6.45) is 4.15. The van der Waals surface area contributed by atoms with Gasteiger partial charge in [0.05, 0.1) is 5.60 Å². The first-order valence-electron chi connectivity index (χ1n) is 6.22. The zero-order valence-electron chi connectivity index (χ0n) is 9.56. The van der Waals surface area contributed by atoms with E-state index >= 15 is 0 Å². The van der Waals surface area contributed by atoms with Crippen LogP contribution >= 0.6 is 11.3 Å². The second-order valence-electron chi connectivity index (χ2n) is 5.27. The Morgan fingerprint density at radius 1 is 1.50 bits per heavy atom. The van der Waals surface area contributed by atoms with Gasteiger partial charge in [-0.3, -0.25) is 0 Å². The Morgan fingerprint density at radius 3 is 3.25 bits per heavy atom. The number of aryl methyl sites for hydroxylation is 1. The molecule has 3 rings (SSSR count). The maximum absolute atomic E-state index is 10.7. The first kappa shape index (κ1) is 10.8. The molecule has 3 unspecified atom stereocenters. The fourth-order valence-corrected chi connectivity index (χ4v) is 3.86. The third-order valence-electron chi connectivity index (χ3n) is 4.32. The van der Waals surface area contributed by atoms with Crippen molar-refractivity contribution in [1.82, 2.24) is 4.90 Å². The van der Waals surface area contributed by atoms with Gasteiger partial charge < -0.3 is 10.0 Å². The van der Waals surface area contributed by atoms with E-state index in [1.54, 1.807) is 11.3 Å². The molecule has 2 aliphatic heterocycles. The van der Waals surface area contributed by atoms with E-state index < -0.39 is 0 Å². The summed E-state index contributed by atoms with van der Waals surface area (Å²) in [6, 6.07) is 2.18. The number of nitrogens with zero attached hydrogens (tertiary/aromatic N) is 1. The molecular weight excluding hydrogens is 218 g/mol. The van der Waals surface area contributed by atoms with E-state index in [1.165, 1.54) is 18.5 Å². The molecule has 0 aromatic carbocycles. The van der Waals surface area contributed by atoms with Gasteiger partial charge in [-0.05, 0) is 54.6 Å².